The third-order valence-electron chi connectivity index (χ3n) is 1.76. The fourth-order valence-electron chi connectivity index (χ4n) is 1.24. The Hall–Kier alpha value is -1.05. The molecule has 0 aromatic heterocycles. The van der Waals surface area contributed by atoms with Crippen molar-refractivity contribution in [3.05, 3.63) is 24.3 Å². The lowest BCUT2D eigenvalue weighted by Gasteiger charge is -2.17. The number of rotatable bonds is 1. The van der Waals surface area contributed by atoms with Crippen LogP contribution in [0.15, 0.2) is 29.3 Å². The molecule has 1 heterocycles. The van der Waals surface area contributed by atoms with E-state index in [4.69, 9.17) is 0 Å². The average molecular weight is 150 g/mol. The summed E-state index contributed by atoms with van der Waals surface area (Å²) >= 11 is 0. The summed E-state index contributed by atoms with van der Waals surface area (Å²) in [5.74, 6) is 1.02. The third-order valence-corrected chi connectivity index (χ3v) is 1.76. The molecule has 2 heteroatoms. The van der Waals surface area contributed by atoms with Crippen molar-refractivity contribution in [3.63, 3.8) is 0 Å². The van der Waals surface area contributed by atoms with Crippen LogP contribution in [-0.2, 0) is 0 Å². The van der Waals surface area contributed by atoms with E-state index in [9.17, 15) is 0 Å². The van der Waals surface area contributed by atoms with E-state index in [1.165, 1.54) is 12.0 Å². The van der Waals surface area contributed by atoms with Crippen molar-refractivity contribution in [2.24, 2.45) is 4.99 Å². The minimum absolute atomic E-state index is 1.02. The van der Waals surface area contributed by atoms with E-state index in [1.807, 2.05) is 19.2 Å². The number of nitrogens with one attached hydrogen (secondary N) is 1. The van der Waals surface area contributed by atoms with Gasteiger partial charge in [0.25, 0.3) is 0 Å². The molecule has 1 fully saturated rings. The standard InChI is InChI=1S/C9H14N2/c1-3-5-8-6-4-7-11-9(8)10-2/h3,5H,1,4,6-7H2,2H3,(H,10,11)/b8-5-. The van der Waals surface area contributed by atoms with Crippen LogP contribution in [0, 0.1) is 0 Å². The first kappa shape index (κ1) is 8.05. The molecule has 1 aliphatic rings. The number of amidine groups is 1. The average Bonchev–Trinajstić information content (AvgIpc) is 2.06. The quantitative estimate of drug-likeness (QED) is 0.602. The van der Waals surface area contributed by atoms with Crippen LogP contribution in [0.3, 0.4) is 0 Å². The van der Waals surface area contributed by atoms with Gasteiger partial charge in [0.2, 0.25) is 0 Å². The largest absolute Gasteiger partial charge is 0.370 e. The first-order valence-electron chi connectivity index (χ1n) is 3.91. The molecule has 0 unspecified atom stereocenters. The number of aliphatic imine (C=N–C) groups is 1. The molecule has 1 N–H and O–H groups in total. The lowest BCUT2D eigenvalue weighted by molar-refractivity contribution is 0.736. The number of piperidine rings is 1. The van der Waals surface area contributed by atoms with Gasteiger partial charge in [0.15, 0.2) is 0 Å². The summed E-state index contributed by atoms with van der Waals surface area (Å²) in [7, 11) is 1.81. The normalized spacial score (nSPS) is 25.2. The second-order valence-electron chi connectivity index (χ2n) is 2.53. The van der Waals surface area contributed by atoms with E-state index in [-0.39, 0.29) is 0 Å². The molecule has 0 aromatic carbocycles. The molecule has 1 aliphatic heterocycles. The zero-order valence-corrected chi connectivity index (χ0v) is 6.93. The van der Waals surface area contributed by atoms with Gasteiger partial charge in [0, 0.05) is 13.6 Å². The van der Waals surface area contributed by atoms with Gasteiger partial charge >= 0.3 is 0 Å². The number of allylic oxidation sites excluding steroid dienone is 2. The van der Waals surface area contributed by atoms with Gasteiger partial charge in [-0.1, -0.05) is 18.7 Å². The zero-order valence-electron chi connectivity index (χ0n) is 6.93. The summed E-state index contributed by atoms with van der Waals surface area (Å²) in [6.07, 6.45) is 6.15. The van der Waals surface area contributed by atoms with Crippen LogP contribution in [0.1, 0.15) is 12.8 Å². The highest BCUT2D eigenvalue weighted by atomic mass is 15.0. The predicted molar refractivity (Wildman–Crippen MR) is 48.9 cm³/mol. The monoisotopic (exact) mass is 150 g/mol. The summed E-state index contributed by atoms with van der Waals surface area (Å²) in [6, 6.07) is 0. The highest BCUT2D eigenvalue weighted by Gasteiger charge is 2.09. The van der Waals surface area contributed by atoms with E-state index in [0.717, 1.165) is 18.8 Å². The summed E-state index contributed by atoms with van der Waals surface area (Å²) in [5, 5.41) is 3.24. The van der Waals surface area contributed by atoms with Crippen LogP contribution in [0.4, 0.5) is 0 Å². The van der Waals surface area contributed by atoms with Crippen LogP contribution < -0.4 is 5.32 Å². The molecule has 0 aliphatic carbocycles. The Labute approximate surface area is 67.7 Å². The fraction of sp³-hybridized carbons (Fsp3) is 0.444. The lowest BCUT2D eigenvalue weighted by Crippen LogP contribution is -2.30. The van der Waals surface area contributed by atoms with Gasteiger partial charge in [-0.25, -0.2) is 0 Å². The van der Waals surface area contributed by atoms with Gasteiger partial charge in [-0.05, 0) is 18.4 Å². The van der Waals surface area contributed by atoms with E-state index in [1.54, 1.807) is 0 Å². The lowest BCUT2D eigenvalue weighted by atomic mass is 10.1. The molecule has 0 spiro atoms. The number of hydrogen-bond acceptors (Lipinski definition) is 1. The highest BCUT2D eigenvalue weighted by molar-refractivity contribution is 5.99. The molecule has 0 aromatic rings. The van der Waals surface area contributed by atoms with Crippen LogP contribution in [0.2, 0.25) is 0 Å². The van der Waals surface area contributed by atoms with Gasteiger partial charge < -0.3 is 5.32 Å². The van der Waals surface area contributed by atoms with E-state index in [2.05, 4.69) is 16.9 Å². The molecule has 11 heavy (non-hydrogen) atoms. The van der Waals surface area contributed by atoms with Crippen LogP contribution >= 0.6 is 0 Å². The predicted octanol–water partition coefficient (Wildman–Crippen LogP) is 1.51. The Bertz CT molecular complexity index is 202. The van der Waals surface area contributed by atoms with Crippen LogP contribution in [0.25, 0.3) is 0 Å². The summed E-state index contributed by atoms with van der Waals surface area (Å²) in [4.78, 5) is 4.14. The van der Waals surface area contributed by atoms with Crippen molar-refractivity contribution in [1.82, 2.24) is 5.32 Å². The minimum Gasteiger partial charge on any atom is -0.370 e. The Morgan fingerprint density at radius 1 is 1.64 bits per heavy atom. The highest BCUT2D eigenvalue weighted by Crippen LogP contribution is 2.10. The number of nitrogens with zero attached hydrogens (tertiary/aromatic N) is 1. The summed E-state index contributed by atoms with van der Waals surface area (Å²) in [6.45, 7) is 4.71. The van der Waals surface area contributed by atoms with Gasteiger partial charge in [-0.3, -0.25) is 4.99 Å². The second-order valence-corrected chi connectivity index (χ2v) is 2.53. The van der Waals surface area contributed by atoms with Crippen molar-refractivity contribution in [2.45, 2.75) is 12.8 Å². The Morgan fingerprint density at radius 3 is 3.09 bits per heavy atom. The van der Waals surface area contributed by atoms with Crippen LogP contribution in [-0.4, -0.2) is 19.4 Å². The van der Waals surface area contributed by atoms with Gasteiger partial charge in [-0.2, -0.15) is 0 Å². The topological polar surface area (TPSA) is 24.4 Å². The number of hydrogen-bond donors (Lipinski definition) is 1. The molecule has 60 valence electrons. The van der Waals surface area contributed by atoms with E-state index < -0.39 is 0 Å². The molecule has 1 rings (SSSR count). The van der Waals surface area contributed by atoms with Crippen LogP contribution in [0.5, 0.6) is 0 Å². The molecule has 0 radical (unpaired) electrons. The minimum atomic E-state index is 1.02. The molecule has 0 bridgehead atoms. The smallest absolute Gasteiger partial charge is 0.123 e. The SMILES string of the molecule is C=C/C=C1/CCCNC1=NC. The van der Waals surface area contributed by atoms with Crippen molar-refractivity contribution >= 4 is 5.84 Å². The molecule has 0 atom stereocenters. The van der Waals surface area contributed by atoms with Crippen molar-refractivity contribution in [1.29, 1.82) is 0 Å². The van der Waals surface area contributed by atoms with Crippen molar-refractivity contribution < 1.29 is 0 Å². The maximum atomic E-state index is 4.14. The van der Waals surface area contributed by atoms with Crippen molar-refractivity contribution in [3.8, 4) is 0 Å². The fourth-order valence-corrected chi connectivity index (χ4v) is 1.24. The molecular weight excluding hydrogens is 136 g/mol. The first-order valence-corrected chi connectivity index (χ1v) is 3.91. The van der Waals surface area contributed by atoms with Gasteiger partial charge in [0.05, 0.1) is 0 Å². The Balaban J connectivity index is 2.74. The molecule has 2 nitrogen and oxygen atoms in total. The maximum absolute atomic E-state index is 4.14. The first-order chi connectivity index (χ1) is 5.38. The van der Waals surface area contributed by atoms with Crippen molar-refractivity contribution in [2.75, 3.05) is 13.6 Å². The maximum Gasteiger partial charge on any atom is 0.123 e. The van der Waals surface area contributed by atoms with E-state index >= 15 is 0 Å². The Morgan fingerprint density at radius 2 is 2.45 bits per heavy atom. The Kier molecular flexibility index (Phi) is 2.90. The molecule has 1 saturated heterocycles. The second kappa shape index (κ2) is 3.96. The molecule has 0 saturated carbocycles. The molecule has 0 amide bonds. The summed E-state index contributed by atoms with van der Waals surface area (Å²) < 4.78 is 0. The van der Waals surface area contributed by atoms with E-state index in [0.29, 0.717) is 0 Å². The summed E-state index contributed by atoms with van der Waals surface area (Å²) in [5.41, 5.74) is 1.27. The molecular formula is C9H14N2. The third kappa shape index (κ3) is 1.93. The van der Waals surface area contributed by atoms with Gasteiger partial charge in [0.1, 0.15) is 5.84 Å². The van der Waals surface area contributed by atoms with Gasteiger partial charge in [-0.15, -0.1) is 0 Å². The zero-order chi connectivity index (χ0) is 8.10.